The fourth-order valence-corrected chi connectivity index (χ4v) is 4.64. The van der Waals surface area contributed by atoms with Crippen molar-refractivity contribution in [2.24, 2.45) is 0 Å². The first-order chi connectivity index (χ1) is 7.12. The highest BCUT2D eigenvalue weighted by atomic mass is 28.3. The number of rotatable bonds is 10. The Labute approximate surface area is 97.3 Å². The van der Waals surface area contributed by atoms with Crippen molar-refractivity contribution in [3.63, 3.8) is 0 Å². The summed E-state index contributed by atoms with van der Waals surface area (Å²) in [4.78, 5) is 0. The molecule has 0 radical (unpaired) electrons. The van der Waals surface area contributed by atoms with Gasteiger partial charge in [-0.05, 0) is 6.42 Å². The van der Waals surface area contributed by atoms with E-state index in [1.165, 1.54) is 50.6 Å². The van der Waals surface area contributed by atoms with Crippen LogP contribution in [0.15, 0.2) is 0 Å². The SMILES string of the molecule is CCCCCCCC[Si](C)(C)CCCO. The summed E-state index contributed by atoms with van der Waals surface area (Å²) in [5.74, 6) is 0. The second kappa shape index (κ2) is 9.41. The standard InChI is InChI=1S/C13H30OSi/c1-4-5-6-7-8-9-12-15(2,3)13-10-11-14/h14H,4-13H2,1-3H3. The third-order valence-corrected chi connectivity index (χ3v) is 6.63. The van der Waals surface area contributed by atoms with Gasteiger partial charge < -0.3 is 5.11 Å². The lowest BCUT2D eigenvalue weighted by molar-refractivity contribution is 0.294. The Morgan fingerprint density at radius 1 is 0.800 bits per heavy atom. The van der Waals surface area contributed by atoms with Crippen molar-refractivity contribution in [1.29, 1.82) is 0 Å². The summed E-state index contributed by atoms with van der Waals surface area (Å²) < 4.78 is 0. The molecule has 0 bridgehead atoms. The third kappa shape index (κ3) is 10.5. The Kier molecular flexibility index (Phi) is 9.52. The molecule has 1 N–H and O–H groups in total. The van der Waals surface area contributed by atoms with Crippen molar-refractivity contribution in [2.75, 3.05) is 6.61 Å². The monoisotopic (exact) mass is 230 g/mol. The van der Waals surface area contributed by atoms with Gasteiger partial charge in [0.25, 0.3) is 0 Å². The lowest BCUT2D eigenvalue weighted by atomic mass is 10.1. The highest BCUT2D eigenvalue weighted by Crippen LogP contribution is 2.21. The van der Waals surface area contributed by atoms with Crippen LogP contribution in [0.2, 0.25) is 25.2 Å². The summed E-state index contributed by atoms with van der Waals surface area (Å²) in [5, 5.41) is 8.82. The van der Waals surface area contributed by atoms with E-state index in [2.05, 4.69) is 20.0 Å². The molecule has 0 aromatic rings. The van der Waals surface area contributed by atoms with Crippen molar-refractivity contribution in [2.45, 2.75) is 77.1 Å². The predicted octanol–water partition coefficient (Wildman–Crippen LogP) is 4.44. The summed E-state index contributed by atoms with van der Waals surface area (Å²) in [6.07, 6.45) is 9.48. The summed E-state index contributed by atoms with van der Waals surface area (Å²) in [7, 11) is -0.953. The molecule has 15 heavy (non-hydrogen) atoms. The second-order valence-electron chi connectivity index (χ2n) is 5.51. The van der Waals surface area contributed by atoms with Gasteiger partial charge in [0.05, 0.1) is 0 Å². The van der Waals surface area contributed by atoms with E-state index in [4.69, 9.17) is 5.11 Å². The maximum absolute atomic E-state index is 8.82. The third-order valence-electron chi connectivity index (χ3n) is 3.22. The first-order valence-corrected chi connectivity index (χ1v) is 10.1. The van der Waals surface area contributed by atoms with Crippen LogP contribution in [0.3, 0.4) is 0 Å². The van der Waals surface area contributed by atoms with Gasteiger partial charge in [0, 0.05) is 14.7 Å². The van der Waals surface area contributed by atoms with Crippen molar-refractivity contribution in [3.05, 3.63) is 0 Å². The summed E-state index contributed by atoms with van der Waals surface area (Å²) >= 11 is 0. The molecule has 92 valence electrons. The summed E-state index contributed by atoms with van der Waals surface area (Å²) in [6, 6.07) is 2.76. The van der Waals surface area contributed by atoms with Crippen molar-refractivity contribution < 1.29 is 5.11 Å². The Hall–Kier alpha value is 0.177. The van der Waals surface area contributed by atoms with Crippen LogP contribution in [0.1, 0.15) is 51.9 Å². The van der Waals surface area contributed by atoms with Crippen LogP contribution in [-0.4, -0.2) is 19.8 Å². The normalized spacial score (nSPS) is 12.0. The number of aliphatic hydroxyl groups excluding tert-OH is 1. The van der Waals surface area contributed by atoms with Gasteiger partial charge in [0.1, 0.15) is 0 Å². The molecule has 2 heteroatoms. The zero-order valence-electron chi connectivity index (χ0n) is 11.0. The molecule has 0 aliphatic carbocycles. The van der Waals surface area contributed by atoms with Gasteiger partial charge in [-0.25, -0.2) is 0 Å². The van der Waals surface area contributed by atoms with Crippen LogP contribution in [0, 0.1) is 0 Å². The van der Waals surface area contributed by atoms with E-state index in [9.17, 15) is 0 Å². The molecular weight excluding hydrogens is 200 g/mol. The van der Waals surface area contributed by atoms with E-state index in [0.29, 0.717) is 6.61 Å². The molecule has 0 atom stereocenters. The van der Waals surface area contributed by atoms with Gasteiger partial charge in [0.2, 0.25) is 0 Å². The van der Waals surface area contributed by atoms with Gasteiger partial charge in [-0.3, -0.25) is 0 Å². The van der Waals surface area contributed by atoms with Crippen LogP contribution in [0.4, 0.5) is 0 Å². The molecular formula is C13H30OSi. The largest absolute Gasteiger partial charge is 0.396 e. The highest BCUT2D eigenvalue weighted by molar-refractivity contribution is 6.77. The zero-order chi connectivity index (χ0) is 11.6. The summed E-state index contributed by atoms with van der Waals surface area (Å²) in [5.41, 5.74) is 0. The molecule has 0 aliphatic heterocycles. The first-order valence-electron chi connectivity index (χ1n) is 6.73. The molecule has 0 saturated carbocycles. The van der Waals surface area contributed by atoms with Crippen LogP contribution in [-0.2, 0) is 0 Å². The van der Waals surface area contributed by atoms with Crippen molar-refractivity contribution in [1.82, 2.24) is 0 Å². The minimum Gasteiger partial charge on any atom is -0.396 e. The van der Waals surface area contributed by atoms with E-state index in [-0.39, 0.29) is 0 Å². The van der Waals surface area contributed by atoms with Gasteiger partial charge in [-0.2, -0.15) is 0 Å². The average molecular weight is 230 g/mol. The molecule has 0 amide bonds. The Bertz CT molecular complexity index is 134. The summed E-state index contributed by atoms with van der Waals surface area (Å²) in [6.45, 7) is 7.58. The van der Waals surface area contributed by atoms with Crippen LogP contribution >= 0.6 is 0 Å². The topological polar surface area (TPSA) is 20.2 Å². The molecule has 0 heterocycles. The Morgan fingerprint density at radius 3 is 1.93 bits per heavy atom. The molecule has 0 unspecified atom stereocenters. The zero-order valence-corrected chi connectivity index (χ0v) is 12.0. The van der Waals surface area contributed by atoms with E-state index < -0.39 is 8.07 Å². The molecule has 0 fully saturated rings. The fourth-order valence-electron chi connectivity index (χ4n) is 2.07. The maximum Gasteiger partial charge on any atom is 0.0474 e. The fraction of sp³-hybridized carbons (Fsp3) is 1.00. The van der Waals surface area contributed by atoms with Crippen LogP contribution in [0.25, 0.3) is 0 Å². The quantitative estimate of drug-likeness (QED) is 0.434. The molecule has 0 aromatic heterocycles. The first kappa shape index (κ1) is 15.2. The van der Waals surface area contributed by atoms with Gasteiger partial charge >= 0.3 is 0 Å². The maximum atomic E-state index is 8.82. The Morgan fingerprint density at radius 2 is 1.33 bits per heavy atom. The van der Waals surface area contributed by atoms with Crippen LogP contribution in [0.5, 0.6) is 0 Å². The van der Waals surface area contributed by atoms with Gasteiger partial charge in [-0.1, -0.05) is 70.6 Å². The van der Waals surface area contributed by atoms with Gasteiger partial charge in [-0.15, -0.1) is 0 Å². The molecule has 0 aliphatic rings. The number of hydrogen-bond acceptors (Lipinski definition) is 1. The lowest BCUT2D eigenvalue weighted by Gasteiger charge is -2.21. The lowest BCUT2D eigenvalue weighted by Crippen LogP contribution is -2.24. The van der Waals surface area contributed by atoms with E-state index in [1.54, 1.807) is 0 Å². The minimum absolute atomic E-state index is 0.382. The molecule has 0 aromatic carbocycles. The van der Waals surface area contributed by atoms with Gasteiger partial charge in [0.15, 0.2) is 0 Å². The molecule has 1 nitrogen and oxygen atoms in total. The number of hydrogen-bond donors (Lipinski definition) is 1. The highest BCUT2D eigenvalue weighted by Gasteiger charge is 2.18. The number of unbranched alkanes of at least 4 members (excludes halogenated alkanes) is 5. The predicted molar refractivity (Wildman–Crippen MR) is 72.2 cm³/mol. The van der Waals surface area contributed by atoms with E-state index >= 15 is 0 Å². The molecule has 0 saturated heterocycles. The van der Waals surface area contributed by atoms with E-state index in [0.717, 1.165) is 6.42 Å². The second-order valence-corrected chi connectivity index (χ2v) is 10.8. The van der Waals surface area contributed by atoms with Crippen molar-refractivity contribution in [3.8, 4) is 0 Å². The smallest absolute Gasteiger partial charge is 0.0474 e. The van der Waals surface area contributed by atoms with Crippen molar-refractivity contribution >= 4 is 8.07 Å². The van der Waals surface area contributed by atoms with E-state index in [1.807, 2.05) is 0 Å². The number of aliphatic hydroxyl groups is 1. The Balaban J connectivity index is 3.32. The molecule has 0 rings (SSSR count). The molecule has 0 spiro atoms. The van der Waals surface area contributed by atoms with Crippen LogP contribution < -0.4 is 0 Å². The minimum atomic E-state index is -0.953. The average Bonchev–Trinajstić information content (AvgIpc) is 2.20.